The van der Waals surface area contributed by atoms with Crippen molar-refractivity contribution in [3.05, 3.63) is 34.3 Å². The molecule has 0 aromatic heterocycles. The molecule has 96 valence electrons. The van der Waals surface area contributed by atoms with E-state index in [2.05, 4.69) is 17.9 Å². The van der Waals surface area contributed by atoms with E-state index in [1.807, 2.05) is 12.1 Å². The summed E-state index contributed by atoms with van der Waals surface area (Å²) >= 11 is 5.95. The van der Waals surface area contributed by atoms with Crippen LogP contribution in [-0.4, -0.2) is 24.5 Å². The molecule has 1 fully saturated rings. The number of rotatable bonds is 3. The Morgan fingerprint density at radius 3 is 2.82 bits per heavy atom. The van der Waals surface area contributed by atoms with Gasteiger partial charge >= 0.3 is 0 Å². The Morgan fingerprint density at radius 1 is 1.47 bits per heavy atom. The molecule has 0 saturated carbocycles. The van der Waals surface area contributed by atoms with Gasteiger partial charge in [-0.2, -0.15) is 0 Å². The molecule has 4 heteroatoms. The van der Waals surface area contributed by atoms with Gasteiger partial charge in [0.25, 0.3) is 0 Å². The van der Waals surface area contributed by atoms with Gasteiger partial charge in [0, 0.05) is 18.1 Å². The summed E-state index contributed by atoms with van der Waals surface area (Å²) < 4.78 is 0. The van der Waals surface area contributed by atoms with E-state index in [4.69, 9.17) is 17.3 Å². The number of benzene rings is 1. The van der Waals surface area contributed by atoms with Crippen LogP contribution in [-0.2, 0) is 6.54 Å². The molecule has 0 aliphatic carbocycles. The monoisotopic (exact) mass is 274 g/mol. The normalized spacial score (nSPS) is 20.3. The SMILES string of the molecule is Cc1cc(Cl)ccc1CN1CCC(CN)C1.Cl. The van der Waals surface area contributed by atoms with E-state index in [9.17, 15) is 0 Å². The zero-order valence-electron chi connectivity index (χ0n) is 10.2. The van der Waals surface area contributed by atoms with Gasteiger partial charge in [-0.1, -0.05) is 17.7 Å². The first-order valence-electron chi connectivity index (χ1n) is 5.86. The Balaban J connectivity index is 0.00000144. The lowest BCUT2D eigenvalue weighted by Crippen LogP contribution is -2.23. The molecule has 1 aliphatic rings. The van der Waals surface area contributed by atoms with E-state index < -0.39 is 0 Å². The Hall–Kier alpha value is -0.280. The molecule has 1 unspecified atom stereocenters. The number of hydrogen-bond donors (Lipinski definition) is 1. The highest BCUT2D eigenvalue weighted by Crippen LogP contribution is 2.21. The maximum Gasteiger partial charge on any atom is 0.0408 e. The third-order valence-electron chi connectivity index (χ3n) is 3.40. The van der Waals surface area contributed by atoms with Crippen molar-refractivity contribution < 1.29 is 0 Å². The summed E-state index contributed by atoms with van der Waals surface area (Å²) in [5.41, 5.74) is 8.35. The highest BCUT2D eigenvalue weighted by atomic mass is 35.5. The molecule has 0 spiro atoms. The highest BCUT2D eigenvalue weighted by Gasteiger charge is 2.21. The fourth-order valence-corrected chi connectivity index (χ4v) is 2.55. The molecule has 0 amide bonds. The lowest BCUT2D eigenvalue weighted by atomic mass is 10.1. The summed E-state index contributed by atoms with van der Waals surface area (Å²) in [6.45, 7) is 6.27. The minimum Gasteiger partial charge on any atom is -0.330 e. The van der Waals surface area contributed by atoms with Gasteiger partial charge in [0.2, 0.25) is 0 Å². The number of nitrogens with zero attached hydrogens (tertiary/aromatic N) is 1. The number of likely N-dealkylation sites (tertiary alicyclic amines) is 1. The Labute approximate surface area is 115 Å². The molecule has 1 aromatic carbocycles. The summed E-state index contributed by atoms with van der Waals surface area (Å²) in [5.74, 6) is 0.688. The van der Waals surface area contributed by atoms with Crippen LogP contribution < -0.4 is 5.73 Å². The number of aryl methyl sites for hydroxylation is 1. The first-order chi connectivity index (χ1) is 7.69. The van der Waals surface area contributed by atoms with Gasteiger partial charge in [-0.05, 0) is 55.6 Å². The van der Waals surface area contributed by atoms with Crippen molar-refractivity contribution in [2.24, 2.45) is 11.7 Å². The lowest BCUT2D eigenvalue weighted by Gasteiger charge is -2.17. The molecule has 0 bridgehead atoms. The zero-order chi connectivity index (χ0) is 11.5. The maximum absolute atomic E-state index is 5.95. The molecular formula is C13H20Cl2N2. The predicted molar refractivity (Wildman–Crippen MR) is 75.9 cm³/mol. The van der Waals surface area contributed by atoms with Crippen molar-refractivity contribution in [3.63, 3.8) is 0 Å². The van der Waals surface area contributed by atoms with Crippen molar-refractivity contribution >= 4 is 24.0 Å². The van der Waals surface area contributed by atoms with Crippen molar-refractivity contribution in [1.29, 1.82) is 0 Å². The van der Waals surface area contributed by atoms with Crippen LogP contribution in [0.4, 0.5) is 0 Å². The molecule has 2 nitrogen and oxygen atoms in total. The average molecular weight is 275 g/mol. The molecule has 1 atom stereocenters. The third-order valence-corrected chi connectivity index (χ3v) is 3.64. The van der Waals surface area contributed by atoms with Gasteiger partial charge < -0.3 is 5.73 Å². The van der Waals surface area contributed by atoms with Crippen LogP contribution in [0.5, 0.6) is 0 Å². The van der Waals surface area contributed by atoms with Crippen molar-refractivity contribution in [2.75, 3.05) is 19.6 Å². The van der Waals surface area contributed by atoms with E-state index in [-0.39, 0.29) is 12.4 Å². The van der Waals surface area contributed by atoms with E-state index in [1.165, 1.54) is 24.1 Å². The molecule has 2 rings (SSSR count). The minimum absolute atomic E-state index is 0. The van der Waals surface area contributed by atoms with Gasteiger partial charge in [-0.25, -0.2) is 0 Å². The Morgan fingerprint density at radius 2 is 2.24 bits per heavy atom. The van der Waals surface area contributed by atoms with Crippen molar-refractivity contribution in [3.8, 4) is 0 Å². The second-order valence-electron chi connectivity index (χ2n) is 4.70. The van der Waals surface area contributed by atoms with E-state index in [0.29, 0.717) is 5.92 Å². The molecular weight excluding hydrogens is 255 g/mol. The second-order valence-corrected chi connectivity index (χ2v) is 5.13. The van der Waals surface area contributed by atoms with Gasteiger partial charge in [0.05, 0.1) is 0 Å². The lowest BCUT2D eigenvalue weighted by molar-refractivity contribution is 0.317. The van der Waals surface area contributed by atoms with Gasteiger partial charge in [-0.3, -0.25) is 4.90 Å². The smallest absolute Gasteiger partial charge is 0.0408 e. The van der Waals surface area contributed by atoms with E-state index >= 15 is 0 Å². The van der Waals surface area contributed by atoms with Crippen molar-refractivity contribution in [1.82, 2.24) is 4.90 Å². The van der Waals surface area contributed by atoms with Gasteiger partial charge in [0.15, 0.2) is 0 Å². The summed E-state index contributed by atoms with van der Waals surface area (Å²) in [4.78, 5) is 2.48. The first-order valence-corrected chi connectivity index (χ1v) is 6.24. The topological polar surface area (TPSA) is 29.3 Å². The minimum atomic E-state index is 0. The van der Waals surface area contributed by atoms with Gasteiger partial charge in [0.1, 0.15) is 0 Å². The van der Waals surface area contributed by atoms with E-state index in [1.54, 1.807) is 0 Å². The van der Waals surface area contributed by atoms with Crippen LogP contribution >= 0.6 is 24.0 Å². The first kappa shape index (κ1) is 14.8. The van der Waals surface area contributed by atoms with Crippen LogP contribution in [0.2, 0.25) is 5.02 Å². The van der Waals surface area contributed by atoms with Crippen molar-refractivity contribution in [2.45, 2.75) is 19.9 Å². The molecule has 2 N–H and O–H groups in total. The fraction of sp³-hybridized carbons (Fsp3) is 0.538. The standard InChI is InChI=1S/C13H19ClN2.ClH/c1-10-6-13(14)3-2-12(10)9-16-5-4-11(7-15)8-16;/h2-3,6,11H,4-5,7-9,15H2,1H3;1H. The predicted octanol–water partition coefficient (Wildman–Crippen LogP) is 2.85. The van der Waals surface area contributed by atoms with Crippen LogP contribution in [0.1, 0.15) is 17.5 Å². The summed E-state index contributed by atoms with van der Waals surface area (Å²) in [7, 11) is 0. The molecule has 0 radical (unpaired) electrons. The molecule has 1 aromatic rings. The zero-order valence-corrected chi connectivity index (χ0v) is 11.7. The summed E-state index contributed by atoms with van der Waals surface area (Å²) in [6, 6.07) is 6.14. The third kappa shape index (κ3) is 3.85. The van der Waals surface area contributed by atoms with Crippen LogP contribution in [0.15, 0.2) is 18.2 Å². The second kappa shape index (κ2) is 6.60. The number of hydrogen-bond acceptors (Lipinski definition) is 2. The maximum atomic E-state index is 5.95. The van der Waals surface area contributed by atoms with Crippen LogP contribution in [0.3, 0.4) is 0 Å². The Kier molecular flexibility index (Phi) is 5.74. The number of nitrogens with two attached hydrogens (primary N) is 1. The number of halogens is 2. The summed E-state index contributed by atoms with van der Waals surface area (Å²) in [6.07, 6.45) is 1.24. The fourth-order valence-electron chi connectivity index (χ4n) is 2.33. The summed E-state index contributed by atoms with van der Waals surface area (Å²) in [5, 5.41) is 0.822. The highest BCUT2D eigenvalue weighted by molar-refractivity contribution is 6.30. The molecule has 1 heterocycles. The van der Waals surface area contributed by atoms with E-state index in [0.717, 1.165) is 24.7 Å². The van der Waals surface area contributed by atoms with Gasteiger partial charge in [-0.15, -0.1) is 12.4 Å². The molecule has 17 heavy (non-hydrogen) atoms. The van der Waals surface area contributed by atoms with Crippen LogP contribution in [0.25, 0.3) is 0 Å². The quantitative estimate of drug-likeness (QED) is 0.919. The average Bonchev–Trinajstić information content (AvgIpc) is 2.70. The Bertz CT molecular complexity index is 368. The van der Waals surface area contributed by atoms with Crippen LogP contribution in [0, 0.1) is 12.8 Å². The molecule has 1 aliphatic heterocycles. The largest absolute Gasteiger partial charge is 0.330 e. The molecule has 1 saturated heterocycles.